The summed E-state index contributed by atoms with van der Waals surface area (Å²) in [6.45, 7) is 2.75. The van der Waals surface area contributed by atoms with Gasteiger partial charge in [-0.1, -0.05) is 6.92 Å². The Hall–Kier alpha value is -1.43. The molecule has 0 atom stereocenters. The first-order valence-corrected chi connectivity index (χ1v) is 5.19. The van der Waals surface area contributed by atoms with Gasteiger partial charge in [-0.25, -0.2) is 9.97 Å². The van der Waals surface area contributed by atoms with Crippen molar-refractivity contribution in [3.63, 3.8) is 0 Å². The molecule has 0 saturated carbocycles. The van der Waals surface area contributed by atoms with Crippen molar-refractivity contribution in [3.05, 3.63) is 24.0 Å². The highest BCUT2D eigenvalue weighted by atomic mass is 32.1. The first kappa shape index (κ1) is 9.14. The van der Waals surface area contributed by atoms with Gasteiger partial charge >= 0.3 is 0 Å². The van der Waals surface area contributed by atoms with Crippen LogP contribution in [-0.2, 0) is 13.0 Å². The van der Waals surface area contributed by atoms with Crippen molar-refractivity contribution < 1.29 is 0 Å². The summed E-state index contributed by atoms with van der Waals surface area (Å²) in [5, 5.41) is 4.03. The lowest BCUT2D eigenvalue weighted by molar-refractivity contribution is 0.988. The molecular weight excluding hydrogens is 198 g/mol. The van der Waals surface area contributed by atoms with Crippen molar-refractivity contribution in [2.45, 2.75) is 19.9 Å². The Morgan fingerprint density at radius 1 is 1.57 bits per heavy atom. The number of imidazole rings is 1. The molecule has 0 aliphatic heterocycles. The van der Waals surface area contributed by atoms with E-state index in [1.807, 2.05) is 6.92 Å². The van der Waals surface area contributed by atoms with E-state index in [2.05, 4.69) is 24.6 Å². The van der Waals surface area contributed by atoms with Crippen molar-refractivity contribution in [2.24, 2.45) is 0 Å². The van der Waals surface area contributed by atoms with Crippen LogP contribution in [0.1, 0.15) is 18.4 Å². The summed E-state index contributed by atoms with van der Waals surface area (Å²) in [6.07, 6.45) is 4.32. The molecule has 0 bridgehead atoms. The molecule has 6 heteroatoms. The third-order valence-electron chi connectivity index (χ3n) is 1.77. The Bertz CT molecular complexity index is 380. The summed E-state index contributed by atoms with van der Waals surface area (Å²) in [6, 6.07) is 0. The van der Waals surface area contributed by atoms with Crippen molar-refractivity contribution >= 4 is 16.7 Å². The number of aromatic amines is 1. The fourth-order valence-corrected chi connectivity index (χ4v) is 1.67. The van der Waals surface area contributed by atoms with Gasteiger partial charge in [0.25, 0.3) is 0 Å². The van der Waals surface area contributed by atoms with Crippen molar-refractivity contribution in [1.82, 2.24) is 19.3 Å². The summed E-state index contributed by atoms with van der Waals surface area (Å²) in [7, 11) is 0. The maximum Gasteiger partial charge on any atom is 0.202 e. The summed E-state index contributed by atoms with van der Waals surface area (Å²) in [5.74, 6) is 0.891. The Balaban J connectivity index is 1.92. The highest BCUT2D eigenvalue weighted by Crippen LogP contribution is 2.11. The molecule has 74 valence electrons. The third kappa shape index (κ3) is 2.08. The molecule has 0 amide bonds. The van der Waals surface area contributed by atoms with Gasteiger partial charge in [0.15, 0.2) is 0 Å². The molecule has 5 nitrogen and oxygen atoms in total. The highest BCUT2D eigenvalue weighted by molar-refractivity contribution is 7.09. The molecule has 0 radical (unpaired) electrons. The van der Waals surface area contributed by atoms with Crippen LogP contribution in [0.5, 0.6) is 0 Å². The maximum atomic E-state index is 4.29. The molecule has 0 aliphatic carbocycles. The molecular formula is C8H11N5S. The lowest BCUT2D eigenvalue weighted by Gasteiger charge is -1.97. The predicted octanol–water partition coefficient (Wildman–Crippen LogP) is 1.44. The van der Waals surface area contributed by atoms with E-state index in [1.54, 1.807) is 12.5 Å². The molecule has 0 saturated heterocycles. The van der Waals surface area contributed by atoms with Crippen LogP contribution in [0.2, 0.25) is 0 Å². The van der Waals surface area contributed by atoms with Crippen LogP contribution >= 0.6 is 11.5 Å². The van der Waals surface area contributed by atoms with Crippen LogP contribution in [0.4, 0.5) is 5.13 Å². The Labute approximate surface area is 85.8 Å². The van der Waals surface area contributed by atoms with Crippen LogP contribution in [0.15, 0.2) is 12.5 Å². The van der Waals surface area contributed by atoms with Crippen LogP contribution in [0.3, 0.4) is 0 Å². The average Bonchev–Trinajstić information content (AvgIpc) is 2.86. The smallest absolute Gasteiger partial charge is 0.202 e. The number of hydrogen-bond donors (Lipinski definition) is 2. The van der Waals surface area contributed by atoms with Crippen molar-refractivity contribution in [3.8, 4) is 0 Å². The second kappa shape index (κ2) is 4.19. The van der Waals surface area contributed by atoms with Gasteiger partial charge in [0, 0.05) is 24.2 Å². The number of H-pyrrole nitrogens is 1. The largest absolute Gasteiger partial charge is 0.355 e. The third-order valence-corrected chi connectivity index (χ3v) is 2.48. The van der Waals surface area contributed by atoms with E-state index in [-0.39, 0.29) is 0 Å². The van der Waals surface area contributed by atoms with E-state index in [0.717, 1.165) is 23.1 Å². The molecule has 2 heterocycles. The standard InChI is InChI=1S/C8H11N5S/c1-2-7-12-8(14-13-7)10-4-6-3-9-5-11-6/h3,5H,2,4H2,1H3,(H,9,11)(H,10,12,13). The summed E-state index contributed by atoms with van der Waals surface area (Å²) < 4.78 is 4.18. The van der Waals surface area contributed by atoms with E-state index in [4.69, 9.17) is 0 Å². The maximum absolute atomic E-state index is 4.29. The molecule has 0 unspecified atom stereocenters. The number of hydrogen-bond acceptors (Lipinski definition) is 5. The molecule has 2 N–H and O–H groups in total. The van der Waals surface area contributed by atoms with Gasteiger partial charge in [0.05, 0.1) is 18.6 Å². The number of rotatable bonds is 4. The van der Waals surface area contributed by atoms with Gasteiger partial charge in [-0.05, 0) is 0 Å². The zero-order chi connectivity index (χ0) is 9.80. The molecule has 2 aromatic heterocycles. The average molecular weight is 209 g/mol. The zero-order valence-electron chi connectivity index (χ0n) is 7.82. The molecule has 0 aromatic carbocycles. The summed E-state index contributed by atoms with van der Waals surface area (Å²) in [4.78, 5) is 11.2. The fraction of sp³-hybridized carbons (Fsp3) is 0.375. The first-order chi connectivity index (χ1) is 6.88. The van der Waals surface area contributed by atoms with E-state index >= 15 is 0 Å². The van der Waals surface area contributed by atoms with Gasteiger partial charge in [0.1, 0.15) is 5.82 Å². The monoisotopic (exact) mass is 209 g/mol. The van der Waals surface area contributed by atoms with Crippen molar-refractivity contribution in [2.75, 3.05) is 5.32 Å². The SMILES string of the molecule is CCc1nsc(NCc2cnc[nH]2)n1. The molecule has 0 aliphatic rings. The number of nitrogens with one attached hydrogen (secondary N) is 2. The van der Waals surface area contributed by atoms with Gasteiger partial charge in [0.2, 0.25) is 5.13 Å². The van der Waals surface area contributed by atoms with Gasteiger partial charge in [-0.2, -0.15) is 4.37 Å². The lowest BCUT2D eigenvalue weighted by atomic mass is 10.5. The molecule has 2 rings (SSSR count). The van der Waals surface area contributed by atoms with Crippen LogP contribution < -0.4 is 5.32 Å². The van der Waals surface area contributed by atoms with Crippen LogP contribution in [0, 0.1) is 0 Å². The zero-order valence-corrected chi connectivity index (χ0v) is 8.64. The van der Waals surface area contributed by atoms with Crippen LogP contribution in [0.25, 0.3) is 0 Å². The number of aromatic nitrogens is 4. The predicted molar refractivity (Wildman–Crippen MR) is 55.2 cm³/mol. The van der Waals surface area contributed by atoms with Gasteiger partial charge in [-0.15, -0.1) is 0 Å². The topological polar surface area (TPSA) is 66.5 Å². The number of aryl methyl sites for hydroxylation is 1. The Morgan fingerprint density at radius 2 is 2.50 bits per heavy atom. The van der Waals surface area contributed by atoms with E-state index in [1.165, 1.54) is 11.5 Å². The fourth-order valence-electron chi connectivity index (χ4n) is 1.02. The number of anilines is 1. The molecule has 2 aromatic rings. The molecule has 14 heavy (non-hydrogen) atoms. The van der Waals surface area contributed by atoms with Gasteiger partial charge in [-0.3, -0.25) is 0 Å². The van der Waals surface area contributed by atoms with Gasteiger partial charge < -0.3 is 10.3 Å². The second-order valence-corrected chi connectivity index (χ2v) is 3.55. The van der Waals surface area contributed by atoms with E-state index in [0.29, 0.717) is 6.54 Å². The second-order valence-electron chi connectivity index (χ2n) is 2.80. The quantitative estimate of drug-likeness (QED) is 0.799. The Kier molecular flexibility index (Phi) is 2.73. The van der Waals surface area contributed by atoms with E-state index in [9.17, 15) is 0 Å². The minimum atomic E-state index is 0.707. The highest BCUT2D eigenvalue weighted by Gasteiger charge is 2.01. The van der Waals surface area contributed by atoms with E-state index < -0.39 is 0 Å². The molecule has 0 fully saturated rings. The minimum absolute atomic E-state index is 0.707. The van der Waals surface area contributed by atoms with Crippen molar-refractivity contribution in [1.29, 1.82) is 0 Å². The normalized spacial score (nSPS) is 10.4. The summed E-state index contributed by atoms with van der Waals surface area (Å²) in [5.41, 5.74) is 1.04. The minimum Gasteiger partial charge on any atom is -0.355 e. The first-order valence-electron chi connectivity index (χ1n) is 4.42. The molecule has 0 spiro atoms. The Morgan fingerprint density at radius 3 is 3.14 bits per heavy atom. The summed E-state index contributed by atoms with van der Waals surface area (Å²) >= 11 is 1.39. The van der Waals surface area contributed by atoms with Crippen LogP contribution in [-0.4, -0.2) is 19.3 Å². The lowest BCUT2D eigenvalue weighted by Crippen LogP contribution is -1.99. The number of nitrogens with zero attached hydrogens (tertiary/aromatic N) is 3.